The predicted molar refractivity (Wildman–Crippen MR) is 110 cm³/mol. The molecule has 138 valence electrons. The number of allylic oxidation sites excluding steroid dienone is 2. The van der Waals surface area contributed by atoms with Crippen molar-refractivity contribution in [1.29, 1.82) is 0 Å². The van der Waals surface area contributed by atoms with Crippen molar-refractivity contribution in [1.82, 2.24) is 0 Å². The van der Waals surface area contributed by atoms with Crippen molar-refractivity contribution in [2.75, 3.05) is 13.7 Å². The van der Waals surface area contributed by atoms with Gasteiger partial charge in [0.1, 0.15) is 11.5 Å². The van der Waals surface area contributed by atoms with Crippen LogP contribution in [0.4, 0.5) is 0 Å². The first-order chi connectivity index (χ1) is 12.5. The molecule has 2 aromatic rings. The third-order valence-electron chi connectivity index (χ3n) is 3.90. The van der Waals surface area contributed by atoms with Crippen LogP contribution in [0.25, 0.3) is 0 Å². The Hall–Kier alpha value is -1.97. The van der Waals surface area contributed by atoms with Crippen LogP contribution in [0.5, 0.6) is 11.5 Å². The van der Waals surface area contributed by atoms with Crippen molar-refractivity contribution >= 4 is 28.9 Å². The van der Waals surface area contributed by atoms with Crippen molar-refractivity contribution in [2.45, 2.75) is 26.7 Å². The van der Waals surface area contributed by atoms with Gasteiger partial charge in [-0.05, 0) is 54.8 Å². The fourth-order valence-electron chi connectivity index (χ4n) is 2.62. The summed E-state index contributed by atoms with van der Waals surface area (Å²) in [4.78, 5) is 4.27. The van der Waals surface area contributed by atoms with Gasteiger partial charge in [-0.1, -0.05) is 42.3 Å². The van der Waals surface area contributed by atoms with Gasteiger partial charge in [0.25, 0.3) is 0 Å². The van der Waals surface area contributed by atoms with Gasteiger partial charge < -0.3 is 9.84 Å². The van der Waals surface area contributed by atoms with Crippen LogP contribution in [-0.4, -0.2) is 24.5 Å². The average Bonchev–Trinajstić information content (AvgIpc) is 2.61. The van der Waals surface area contributed by atoms with Gasteiger partial charge in [-0.15, -0.1) is 0 Å². The topological polar surface area (TPSA) is 41.8 Å². The molecule has 0 aliphatic heterocycles. The summed E-state index contributed by atoms with van der Waals surface area (Å²) in [6.45, 7) is 4.52. The summed E-state index contributed by atoms with van der Waals surface area (Å²) >= 11 is 12.8. The van der Waals surface area contributed by atoms with Crippen LogP contribution in [0, 0.1) is 0 Å². The number of nitrogens with zero attached hydrogens (tertiary/aromatic N) is 1. The zero-order valence-electron chi connectivity index (χ0n) is 15.2. The van der Waals surface area contributed by atoms with E-state index < -0.39 is 0 Å². The molecule has 0 saturated carbocycles. The molecule has 1 N–H and O–H groups in total. The molecule has 26 heavy (non-hydrogen) atoms. The minimum atomic E-state index is 0.194. The number of phenolic OH excluding ortho intramolecular Hbond substituents is 1. The van der Waals surface area contributed by atoms with Crippen molar-refractivity contribution < 1.29 is 9.84 Å². The summed E-state index contributed by atoms with van der Waals surface area (Å²) in [6, 6.07) is 9.00. The van der Waals surface area contributed by atoms with E-state index in [-0.39, 0.29) is 5.75 Å². The highest BCUT2D eigenvalue weighted by Crippen LogP contribution is 2.33. The predicted octanol–water partition coefficient (Wildman–Crippen LogP) is 6.07. The van der Waals surface area contributed by atoms with Crippen LogP contribution >= 0.6 is 23.2 Å². The van der Waals surface area contributed by atoms with Crippen LogP contribution in [0.2, 0.25) is 10.0 Å². The summed E-state index contributed by atoms with van der Waals surface area (Å²) in [7, 11) is 1.71. The smallest absolute Gasteiger partial charge is 0.124 e. The maximum atomic E-state index is 10.2. The number of benzene rings is 2. The Balaban J connectivity index is 2.37. The molecule has 0 fully saturated rings. The van der Waals surface area contributed by atoms with E-state index in [2.05, 4.69) is 11.9 Å². The molecule has 0 spiro atoms. The monoisotopic (exact) mass is 391 g/mol. The first-order valence-electron chi connectivity index (χ1n) is 8.56. The second-order valence-electron chi connectivity index (χ2n) is 5.75. The largest absolute Gasteiger partial charge is 0.507 e. The summed E-state index contributed by atoms with van der Waals surface area (Å²) in [5.41, 5.74) is 3.23. The number of ether oxygens (including phenoxy) is 1. The van der Waals surface area contributed by atoms with Crippen LogP contribution < -0.4 is 4.74 Å². The van der Waals surface area contributed by atoms with Gasteiger partial charge in [-0.2, -0.15) is 0 Å². The summed E-state index contributed by atoms with van der Waals surface area (Å²) < 4.78 is 5.47. The van der Waals surface area contributed by atoms with Gasteiger partial charge in [0.05, 0.1) is 12.3 Å². The van der Waals surface area contributed by atoms with Gasteiger partial charge in [0.15, 0.2) is 0 Å². The number of halogens is 2. The lowest BCUT2D eigenvalue weighted by Crippen LogP contribution is -2.00. The van der Waals surface area contributed by atoms with Gasteiger partial charge >= 0.3 is 0 Å². The van der Waals surface area contributed by atoms with E-state index in [1.165, 1.54) is 0 Å². The van der Waals surface area contributed by atoms with E-state index >= 15 is 0 Å². The van der Waals surface area contributed by atoms with Crippen LogP contribution in [-0.2, 0) is 6.42 Å². The second-order valence-corrected chi connectivity index (χ2v) is 6.56. The molecule has 0 unspecified atom stereocenters. The molecule has 0 aromatic heterocycles. The Labute approximate surface area is 164 Å². The standard InChI is InChI=1S/C21H23Cl2NO2/c1-4-6-7-20(24-3)17-11-14(8-9-21(17)25)10-16-18(22)12-15(26-5-2)13-19(16)23/h6-9,11-13,25H,4-5,10H2,1-3H3/b7-6-,24-20?. The van der Waals surface area contributed by atoms with Crippen molar-refractivity contribution in [3.05, 3.63) is 69.2 Å². The first kappa shape index (κ1) is 20.3. The molecule has 0 heterocycles. The van der Waals surface area contributed by atoms with Crippen molar-refractivity contribution in [2.24, 2.45) is 4.99 Å². The Morgan fingerprint density at radius 2 is 1.85 bits per heavy atom. The fraction of sp³-hybridized carbons (Fsp3) is 0.286. The molecule has 0 aliphatic carbocycles. The third kappa shape index (κ3) is 5.03. The highest BCUT2D eigenvalue weighted by atomic mass is 35.5. The average molecular weight is 392 g/mol. The van der Waals surface area contributed by atoms with E-state index in [4.69, 9.17) is 27.9 Å². The second kappa shape index (κ2) is 9.65. The number of aromatic hydroxyl groups is 1. The Morgan fingerprint density at radius 1 is 1.15 bits per heavy atom. The summed E-state index contributed by atoms with van der Waals surface area (Å²) in [6.07, 6.45) is 5.37. The fourth-order valence-corrected chi connectivity index (χ4v) is 3.22. The zero-order valence-corrected chi connectivity index (χ0v) is 16.7. The van der Waals surface area contributed by atoms with Gasteiger partial charge in [-0.25, -0.2) is 0 Å². The highest BCUT2D eigenvalue weighted by Gasteiger charge is 2.13. The number of aliphatic imine (C=N–C) groups is 1. The summed E-state index contributed by atoms with van der Waals surface area (Å²) in [5.74, 6) is 0.849. The normalized spacial score (nSPS) is 12.0. The zero-order chi connectivity index (χ0) is 19.1. The van der Waals surface area contributed by atoms with Gasteiger partial charge in [0.2, 0.25) is 0 Å². The number of phenols is 1. The van der Waals surface area contributed by atoms with E-state index in [0.717, 1.165) is 23.3 Å². The Kier molecular flexibility index (Phi) is 7.55. The minimum absolute atomic E-state index is 0.194. The number of rotatable bonds is 7. The Bertz CT molecular complexity index is 806. The molecular weight excluding hydrogens is 369 g/mol. The highest BCUT2D eigenvalue weighted by molar-refractivity contribution is 6.36. The third-order valence-corrected chi connectivity index (χ3v) is 4.57. The van der Waals surface area contributed by atoms with Crippen molar-refractivity contribution in [3.8, 4) is 11.5 Å². The molecule has 2 aromatic carbocycles. The molecule has 5 heteroatoms. The van der Waals surface area contributed by atoms with E-state index in [0.29, 0.717) is 34.4 Å². The molecule has 0 radical (unpaired) electrons. The van der Waals surface area contributed by atoms with Crippen LogP contribution in [0.3, 0.4) is 0 Å². The molecular formula is C21H23Cl2NO2. The van der Waals surface area contributed by atoms with E-state index in [1.807, 2.05) is 31.2 Å². The van der Waals surface area contributed by atoms with Crippen molar-refractivity contribution in [3.63, 3.8) is 0 Å². The van der Waals surface area contributed by atoms with Gasteiger partial charge in [0, 0.05) is 29.1 Å². The maximum Gasteiger partial charge on any atom is 0.124 e. The lowest BCUT2D eigenvalue weighted by atomic mass is 9.99. The first-order valence-corrected chi connectivity index (χ1v) is 9.32. The van der Waals surface area contributed by atoms with Crippen LogP contribution in [0.15, 0.2) is 47.5 Å². The molecule has 2 rings (SSSR count). The molecule has 0 aliphatic rings. The number of hydrogen-bond donors (Lipinski definition) is 1. The lowest BCUT2D eigenvalue weighted by Gasteiger charge is -2.12. The lowest BCUT2D eigenvalue weighted by molar-refractivity contribution is 0.340. The molecule has 3 nitrogen and oxygen atoms in total. The van der Waals surface area contributed by atoms with E-state index in [1.54, 1.807) is 25.2 Å². The van der Waals surface area contributed by atoms with Crippen LogP contribution in [0.1, 0.15) is 37.0 Å². The van der Waals surface area contributed by atoms with Gasteiger partial charge in [-0.3, -0.25) is 4.99 Å². The minimum Gasteiger partial charge on any atom is -0.507 e. The Morgan fingerprint density at radius 3 is 2.42 bits per heavy atom. The van der Waals surface area contributed by atoms with E-state index in [9.17, 15) is 5.11 Å². The quantitative estimate of drug-likeness (QED) is 0.581. The number of hydrogen-bond acceptors (Lipinski definition) is 3. The summed E-state index contributed by atoms with van der Waals surface area (Å²) in [5, 5.41) is 11.3. The molecule has 0 amide bonds. The maximum absolute atomic E-state index is 10.2. The molecule has 0 saturated heterocycles. The SMILES string of the molecule is CC/C=C\C(=NC)c1cc(Cc2c(Cl)cc(OCC)cc2Cl)ccc1O. The molecule has 0 atom stereocenters. The molecule has 0 bridgehead atoms.